The Balaban J connectivity index is 0. The normalized spacial score (nSPS) is 0. The molecule has 0 heterocycles. The molecule has 0 fully saturated rings. The SMILES string of the molecule is [Ba+2].[Ba+2].[O-2].[O-2].[O-2].[O-2].[O-2].[O-2].[O-2].[O-2].[O-2].[V].[V].[Zn+2].[Zn+2]. The summed E-state index contributed by atoms with van der Waals surface area (Å²) in [6, 6.07) is 0. The number of hydrogen-bond acceptors (Lipinski definition) is 0. The number of hydrogen-bond donors (Lipinski definition) is 0. The molecule has 82 valence electrons. The summed E-state index contributed by atoms with van der Waals surface area (Å²) in [7, 11) is 0. The van der Waals surface area contributed by atoms with Crippen molar-refractivity contribution in [3.63, 3.8) is 0 Å². The van der Waals surface area contributed by atoms with E-state index in [1.807, 2.05) is 0 Å². The van der Waals surface area contributed by atoms with Crippen molar-refractivity contribution in [1.29, 1.82) is 0 Å². The minimum Gasteiger partial charge on any atom is -2.00 e. The van der Waals surface area contributed by atoms with Crippen LogP contribution in [0, 0.1) is 0 Å². The van der Waals surface area contributed by atoms with Crippen LogP contribution >= 0.6 is 0 Å². The van der Waals surface area contributed by atoms with Crippen molar-refractivity contribution in [2.24, 2.45) is 0 Å². The molecule has 2 radical (unpaired) electrons. The summed E-state index contributed by atoms with van der Waals surface area (Å²) in [5.41, 5.74) is 0. The van der Waals surface area contributed by atoms with Crippen LogP contribution < -0.4 is 0 Å². The molecule has 15 heteroatoms. The summed E-state index contributed by atoms with van der Waals surface area (Å²) in [6.07, 6.45) is 0. The van der Waals surface area contributed by atoms with Crippen LogP contribution in [0.15, 0.2) is 0 Å². The van der Waals surface area contributed by atoms with E-state index in [2.05, 4.69) is 0 Å². The molecule has 0 rings (SSSR count). The molecular weight excluding hydrogens is 651 g/mol. The molecule has 0 atom stereocenters. The van der Waals surface area contributed by atoms with E-state index in [0.717, 1.165) is 0 Å². The van der Waals surface area contributed by atoms with Crippen LogP contribution in [-0.4, -0.2) is 97.8 Å². The third-order valence-electron chi connectivity index (χ3n) is 0. The molecule has 0 aliphatic heterocycles. The van der Waals surface area contributed by atoms with Gasteiger partial charge in [-0.25, -0.2) is 0 Å². The predicted octanol–water partition coefficient (Wildman–Crippen LogP) is -1.84. The standard InChI is InChI=1S/2Ba.9O.2V.2Zn/q2*+2;9*-2;;;2*+2. The van der Waals surface area contributed by atoms with Crippen molar-refractivity contribution in [2.45, 2.75) is 0 Å². The molecule has 0 saturated heterocycles. The van der Waals surface area contributed by atoms with E-state index in [9.17, 15) is 0 Å². The first-order valence-corrected chi connectivity index (χ1v) is 0. The van der Waals surface area contributed by atoms with Gasteiger partial charge in [0, 0.05) is 37.1 Å². The van der Waals surface area contributed by atoms with Gasteiger partial charge in [0.2, 0.25) is 0 Å². The summed E-state index contributed by atoms with van der Waals surface area (Å²) < 4.78 is 0. The second-order valence-electron chi connectivity index (χ2n) is 0. The van der Waals surface area contributed by atoms with Gasteiger partial charge < -0.3 is 49.3 Å². The largest absolute Gasteiger partial charge is 2.00 e. The average Bonchev–Trinajstić information content (AvgIpc) is 0. The van der Waals surface area contributed by atoms with Gasteiger partial charge in [0.1, 0.15) is 0 Å². The molecule has 0 saturated carbocycles. The van der Waals surface area contributed by atoms with Gasteiger partial charge in [-0.15, -0.1) is 0 Å². The Bertz CT molecular complexity index is 24.1. The topological polar surface area (TPSA) is 256 Å². The van der Waals surface area contributed by atoms with Crippen molar-refractivity contribution < 1.29 is 125 Å². The molecule has 0 aromatic rings. The van der Waals surface area contributed by atoms with Gasteiger partial charge in [-0.2, -0.15) is 0 Å². The van der Waals surface area contributed by atoms with E-state index in [0.29, 0.717) is 0 Å². The molecule has 0 N–H and O–H groups in total. The summed E-state index contributed by atoms with van der Waals surface area (Å²) in [4.78, 5) is 0. The van der Waals surface area contributed by atoms with E-state index < -0.39 is 0 Å². The predicted molar refractivity (Wildman–Crippen MR) is 17.7 cm³/mol. The zero-order chi connectivity index (χ0) is 0. The van der Waals surface area contributed by atoms with Crippen LogP contribution in [0.5, 0.6) is 0 Å². The molecule has 0 bridgehead atoms. The van der Waals surface area contributed by atoms with Crippen LogP contribution in [0.1, 0.15) is 0 Å². The molecule has 0 aromatic heterocycles. The number of rotatable bonds is 0. The van der Waals surface area contributed by atoms with E-state index in [1.165, 1.54) is 0 Å². The smallest absolute Gasteiger partial charge is 2.00 e. The van der Waals surface area contributed by atoms with Gasteiger partial charge in [-0.05, 0) is 0 Å². The Morgan fingerprint density at radius 2 is 0.267 bits per heavy atom. The van der Waals surface area contributed by atoms with Gasteiger partial charge in [-0.1, -0.05) is 0 Å². The third-order valence-corrected chi connectivity index (χ3v) is 0. The second-order valence-corrected chi connectivity index (χ2v) is 0. The van der Waals surface area contributed by atoms with Crippen LogP contribution in [-0.2, 0) is 125 Å². The van der Waals surface area contributed by atoms with Crippen LogP contribution in [0.3, 0.4) is 0 Å². The zero-order valence-corrected chi connectivity index (χ0v) is 25.0. The van der Waals surface area contributed by atoms with Gasteiger partial charge >= 0.3 is 137 Å². The maximum atomic E-state index is 0. The Kier molecular flexibility index (Phi) is 4320. The maximum absolute atomic E-state index is 0. The van der Waals surface area contributed by atoms with E-state index in [-0.39, 0.29) is 223 Å². The molecule has 15 heavy (non-hydrogen) atoms. The first kappa shape index (κ1) is 275. The molecule has 0 unspecified atom stereocenters. The fourth-order valence-corrected chi connectivity index (χ4v) is 0. The van der Waals surface area contributed by atoms with Crippen molar-refractivity contribution in [3.8, 4) is 0 Å². The zero-order valence-electron chi connectivity index (χ0n) is 7.40. The van der Waals surface area contributed by atoms with E-state index >= 15 is 0 Å². The monoisotopic (exact) mass is 650 g/mol. The summed E-state index contributed by atoms with van der Waals surface area (Å²) in [5, 5.41) is 0. The quantitative estimate of drug-likeness (QED) is 0.262. The Morgan fingerprint density at radius 1 is 0.267 bits per heavy atom. The summed E-state index contributed by atoms with van der Waals surface area (Å²) in [5.74, 6) is 0. The molecular formula is Ba2O9V2Zn2-10. The van der Waals surface area contributed by atoms with Crippen molar-refractivity contribution in [2.75, 3.05) is 0 Å². The minimum absolute atomic E-state index is 0. The Labute approximate surface area is 218 Å². The maximum Gasteiger partial charge on any atom is 2.00 e. The van der Waals surface area contributed by atoms with Crippen LogP contribution in [0.25, 0.3) is 0 Å². The molecule has 9 nitrogen and oxygen atoms in total. The second kappa shape index (κ2) is 235. The fourth-order valence-electron chi connectivity index (χ4n) is 0. The Hall–Kier alpha value is 5.20. The van der Waals surface area contributed by atoms with Crippen molar-refractivity contribution >= 4 is 97.8 Å². The molecule has 0 spiro atoms. The fraction of sp³-hybridized carbons (Fsp3) is 0. The average molecular weight is 651 g/mol. The van der Waals surface area contributed by atoms with Gasteiger partial charge in [0.15, 0.2) is 0 Å². The van der Waals surface area contributed by atoms with Crippen molar-refractivity contribution in [3.05, 3.63) is 0 Å². The van der Waals surface area contributed by atoms with Gasteiger partial charge in [0.25, 0.3) is 0 Å². The first-order chi connectivity index (χ1) is 0. The van der Waals surface area contributed by atoms with Crippen molar-refractivity contribution in [1.82, 2.24) is 0 Å². The molecule has 0 aliphatic rings. The third kappa shape index (κ3) is 210. The Morgan fingerprint density at radius 3 is 0.267 bits per heavy atom. The molecule has 0 amide bonds. The molecule has 0 aromatic carbocycles. The first-order valence-electron chi connectivity index (χ1n) is 0. The summed E-state index contributed by atoms with van der Waals surface area (Å²) in [6.45, 7) is 0. The van der Waals surface area contributed by atoms with E-state index in [4.69, 9.17) is 0 Å². The van der Waals surface area contributed by atoms with Gasteiger partial charge in [0.05, 0.1) is 0 Å². The van der Waals surface area contributed by atoms with Crippen LogP contribution in [0.4, 0.5) is 0 Å². The van der Waals surface area contributed by atoms with Gasteiger partial charge in [-0.3, -0.25) is 0 Å². The minimum atomic E-state index is 0. The van der Waals surface area contributed by atoms with Crippen LogP contribution in [0.2, 0.25) is 0 Å². The summed E-state index contributed by atoms with van der Waals surface area (Å²) >= 11 is 0. The van der Waals surface area contributed by atoms with E-state index in [1.54, 1.807) is 0 Å². The molecule has 0 aliphatic carbocycles.